The van der Waals surface area contributed by atoms with Crippen LogP contribution in [0.15, 0.2) is 71.0 Å². The average Bonchev–Trinajstić information content (AvgIpc) is 2.54. The lowest BCUT2D eigenvalue weighted by molar-refractivity contribution is -0.116. The van der Waals surface area contributed by atoms with E-state index >= 15 is 0 Å². The minimum absolute atomic E-state index is 0.177. The Kier molecular flexibility index (Phi) is 5.71. The molecular formula is C18H19NO3S. The summed E-state index contributed by atoms with van der Waals surface area (Å²) in [4.78, 5) is 11.9. The fourth-order valence-electron chi connectivity index (χ4n) is 1.99. The van der Waals surface area contributed by atoms with Gasteiger partial charge < -0.3 is 5.32 Å². The summed E-state index contributed by atoms with van der Waals surface area (Å²) in [5.41, 5.74) is 2.09. The van der Waals surface area contributed by atoms with Crippen molar-refractivity contribution >= 4 is 15.7 Å². The maximum atomic E-state index is 12.1. The van der Waals surface area contributed by atoms with Crippen LogP contribution in [0.3, 0.4) is 0 Å². The molecule has 0 fully saturated rings. The summed E-state index contributed by atoms with van der Waals surface area (Å²) in [6, 6.07) is 16.3. The second kappa shape index (κ2) is 7.74. The number of rotatable bonds is 6. The molecule has 0 aliphatic heterocycles. The Morgan fingerprint density at radius 1 is 1.04 bits per heavy atom. The summed E-state index contributed by atoms with van der Waals surface area (Å²) in [7, 11) is -3.59. The van der Waals surface area contributed by atoms with Crippen LogP contribution in [0, 0.1) is 6.92 Å². The maximum Gasteiger partial charge on any atom is 0.244 e. The van der Waals surface area contributed by atoms with Crippen molar-refractivity contribution in [2.24, 2.45) is 0 Å². The number of carbonyl (C=O) groups is 1. The highest BCUT2D eigenvalue weighted by molar-refractivity contribution is 7.94. The number of aryl methyl sites for hydroxylation is 1. The molecule has 2 aromatic rings. The third kappa shape index (κ3) is 5.38. The minimum atomic E-state index is -3.59. The monoisotopic (exact) mass is 329 g/mol. The summed E-state index contributed by atoms with van der Waals surface area (Å²) in [5.74, 6) is -0.420. The Morgan fingerprint density at radius 3 is 2.35 bits per heavy atom. The van der Waals surface area contributed by atoms with E-state index in [4.69, 9.17) is 0 Å². The SMILES string of the molecule is Cc1ccc(S(=O)(=O)/C=C/C(=O)NCCc2ccccc2)cc1. The fourth-order valence-corrected chi connectivity index (χ4v) is 2.97. The highest BCUT2D eigenvalue weighted by atomic mass is 32.2. The molecule has 0 radical (unpaired) electrons. The average molecular weight is 329 g/mol. The number of carbonyl (C=O) groups excluding carboxylic acids is 1. The van der Waals surface area contributed by atoms with Gasteiger partial charge in [0.1, 0.15) is 0 Å². The van der Waals surface area contributed by atoms with Crippen molar-refractivity contribution in [2.45, 2.75) is 18.2 Å². The predicted octanol–water partition coefficient (Wildman–Crippen LogP) is 2.64. The number of sulfone groups is 1. The number of nitrogens with one attached hydrogen (secondary N) is 1. The van der Waals surface area contributed by atoms with E-state index in [0.717, 1.165) is 22.6 Å². The maximum absolute atomic E-state index is 12.1. The Hall–Kier alpha value is -2.40. The highest BCUT2D eigenvalue weighted by Gasteiger charge is 2.10. The van der Waals surface area contributed by atoms with E-state index in [1.807, 2.05) is 37.3 Å². The van der Waals surface area contributed by atoms with Crippen LogP contribution in [0.1, 0.15) is 11.1 Å². The zero-order valence-electron chi connectivity index (χ0n) is 12.9. The Morgan fingerprint density at radius 2 is 1.70 bits per heavy atom. The molecular weight excluding hydrogens is 310 g/mol. The molecule has 0 saturated heterocycles. The molecule has 4 nitrogen and oxygen atoms in total. The topological polar surface area (TPSA) is 63.2 Å². The van der Waals surface area contributed by atoms with Crippen molar-refractivity contribution in [1.29, 1.82) is 0 Å². The largest absolute Gasteiger partial charge is 0.352 e. The van der Waals surface area contributed by atoms with Crippen molar-refractivity contribution in [2.75, 3.05) is 6.54 Å². The van der Waals surface area contributed by atoms with Crippen LogP contribution in [0.2, 0.25) is 0 Å². The van der Waals surface area contributed by atoms with Crippen LogP contribution in [0.4, 0.5) is 0 Å². The molecule has 0 bridgehead atoms. The van der Waals surface area contributed by atoms with Gasteiger partial charge in [-0.3, -0.25) is 4.79 Å². The van der Waals surface area contributed by atoms with Crippen LogP contribution < -0.4 is 5.32 Å². The molecule has 0 saturated carbocycles. The second-order valence-corrected chi connectivity index (χ2v) is 7.02. The first-order valence-electron chi connectivity index (χ1n) is 7.29. The van der Waals surface area contributed by atoms with Crippen LogP contribution in [-0.2, 0) is 21.1 Å². The van der Waals surface area contributed by atoms with E-state index in [1.54, 1.807) is 12.1 Å². The molecule has 0 heterocycles. The van der Waals surface area contributed by atoms with Crippen LogP contribution in [0.5, 0.6) is 0 Å². The molecule has 2 aromatic carbocycles. The molecule has 0 unspecified atom stereocenters. The quantitative estimate of drug-likeness (QED) is 0.829. The van der Waals surface area contributed by atoms with Gasteiger partial charge in [0, 0.05) is 18.0 Å². The third-order valence-electron chi connectivity index (χ3n) is 3.30. The van der Waals surface area contributed by atoms with Gasteiger partial charge in [0.05, 0.1) is 4.90 Å². The molecule has 1 amide bonds. The van der Waals surface area contributed by atoms with Gasteiger partial charge in [0.2, 0.25) is 5.91 Å². The van der Waals surface area contributed by atoms with Crippen molar-refractivity contribution in [1.82, 2.24) is 5.32 Å². The number of hydrogen-bond donors (Lipinski definition) is 1. The molecule has 120 valence electrons. The molecule has 0 spiro atoms. The molecule has 0 atom stereocenters. The molecule has 1 N–H and O–H groups in total. The summed E-state index contributed by atoms with van der Waals surface area (Å²) in [6.07, 6.45) is 1.76. The first kappa shape index (κ1) is 17.0. The third-order valence-corrected chi connectivity index (χ3v) is 4.73. The van der Waals surface area contributed by atoms with Crippen molar-refractivity contribution in [3.05, 3.63) is 77.2 Å². The van der Waals surface area contributed by atoms with Crippen molar-refractivity contribution < 1.29 is 13.2 Å². The summed E-state index contributed by atoms with van der Waals surface area (Å²) < 4.78 is 24.2. The fraction of sp³-hybridized carbons (Fsp3) is 0.167. The normalized spacial score (nSPS) is 11.5. The van der Waals surface area contributed by atoms with Crippen LogP contribution in [-0.4, -0.2) is 20.9 Å². The molecule has 0 aromatic heterocycles. The lowest BCUT2D eigenvalue weighted by Crippen LogP contribution is -2.23. The molecule has 0 aliphatic rings. The number of hydrogen-bond acceptors (Lipinski definition) is 3. The van der Waals surface area contributed by atoms with Gasteiger partial charge >= 0.3 is 0 Å². The van der Waals surface area contributed by atoms with Crippen LogP contribution >= 0.6 is 0 Å². The lowest BCUT2D eigenvalue weighted by Gasteiger charge is -2.03. The van der Waals surface area contributed by atoms with E-state index in [-0.39, 0.29) is 4.90 Å². The van der Waals surface area contributed by atoms with Crippen LogP contribution in [0.25, 0.3) is 0 Å². The van der Waals surface area contributed by atoms with Gasteiger partial charge in [0.15, 0.2) is 9.84 Å². The smallest absolute Gasteiger partial charge is 0.244 e. The van der Waals surface area contributed by atoms with Gasteiger partial charge in [-0.1, -0.05) is 48.0 Å². The first-order valence-corrected chi connectivity index (χ1v) is 8.83. The van der Waals surface area contributed by atoms with E-state index in [2.05, 4.69) is 5.32 Å². The van der Waals surface area contributed by atoms with Gasteiger partial charge in [-0.15, -0.1) is 0 Å². The Bertz CT molecular complexity index is 779. The van der Waals surface area contributed by atoms with Crippen molar-refractivity contribution in [3.63, 3.8) is 0 Å². The molecule has 5 heteroatoms. The van der Waals surface area contributed by atoms with E-state index in [1.165, 1.54) is 12.1 Å². The molecule has 23 heavy (non-hydrogen) atoms. The minimum Gasteiger partial charge on any atom is -0.352 e. The summed E-state index contributed by atoms with van der Waals surface area (Å²) in [6.45, 7) is 2.34. The Balaban J connectivity index is 1.88. The summed E-state index contributed by atoms with van der Waals surface area (Å²) >= 11 is 0. The van der Waals surface area contributed by atoms with Gasteiger partial charge in [-0.05, 0) is 31.0 Å². The highest BCUT2D eigenvalue weighted by Crippen LogP contribution is 2.12. The predicted molar refractivity (Wildman–Crippen MR) is 90.7 cm³/mol. The second-order valence-electron chi connectivity index (χ2n) is 5.19. The molecule has 0 aliphatic carbocycles. The molecule has 2 rings (SSSR count). The zero-order chi connectivity index (χ0) is 16.7. The first-order chi connectivity index (χ1) is 11.0. The lowest BCUT2D eigenvalue weighted by atomic mass is 10.1. The summed E-state index contributed by atoms with van der Waals surface area (Å²) in [5, 5.41) is 3.61. The van der Waals surface area contributed by atoms with Gasteiger partial charge in [-0.2, -0.15) is 0 Å². The standard InChI is InChI=1S/C18H19NO3S/c1-15-7-9-17(10-8-15)23(21,22)14-12-18(20)19-13-11-16-5-3-2-4-6-16/h2-10,12,14H,11,13H2,1H3,(H,19,20)/b14-12+. The van der Waals surface area contributed by atoms with Crippen molar-refractivity contribution in [3.8, 4) is 0 Å². The number of amides is 1. The zero-order valence-corrected chi connectivity index (χ0v) is 13.7. The van der Waals surface area contributed by atoms with E-state index in [9.17, 15) is 13.2 Å². The Labute approximate surface area is 136 Å². The van der Waals surface area contributed by atoms with E-state index in [0.29, 0.717) is 13.0 Å². The van der Waals surface area contributed by atoms with E-state index < -0.39 is 15.7 Å². The van der Waals surface area contributed by atoms with Gasteiger partial charge in [0.25, 0.3) is 0 Å². The number of benzene rings is 2. The van der Waals surface area contributed by atoms with Gasteiger partial charge in [-0.25, -0.2) is 8.42 Å².